The van der Waals surface area contributed by atoms with Crippen molar-refractivity contribution in [3.63, 3.8) is 0 Å². The van der Waals surface area contributed by atoms with E-state index in [1.54, 1.807) is 25.1 Å². The SMILES string of the molecule is CC1CCC(C(C)C)C(OC(=O)C(C)c2ccccc2O)C1. The van der Waals surface area contributed by atoms with Crippen LogP contribution in [0.1, 0.15) is 58.4 Å². The predicted octanol–water partition coefficient (Wildman–Crippen LogP) is 4.50. The monoisotopic (exact) mass is 304 g/mol. The lowest BCUT2D eigenvalue weighted by Gasteiger charge is -2.37. The van der Waals surface area contributed by atoms with Crippen LogP contribution in [0.2, 0.25) is 0 Å². The minimum Gasteiger partial charge on any atom is -0.508 e. The highest BCUT2D eigenvalue weighted by Gasteiger charge is 2.34. The Morgan fingerprint density at radius 1 is 1.23 bits per heavy atom. The van der Waals surface area contributed by atoms with Crippen molar-refractivity contribution in [3.05, 3.63) is 29.8 Å². The molecule has 1 N–H and O–H groups in total. The van der Waals surface area contributed by atoms with E-state index in [1.165, 1.54) is 6.42 Å². The van der Waals surface area contributed by atoms with E-state index >= 15 is 0 Å². The van der Waals surface area contributed by atoms with E-state index < -0.39 is 5.92 Å². The van der Waals surface area contributed by atoms with Crippen molar-refractivity contribution in [1.29, 1.82) is 0 Å². The van der Waals surface area contributed by atoms with Crippen molar-refractivity contribution in [2.45, 2.75) is 59.0 Å². The Bertz CT molecular complexity index is 509. The zero-order valence-electron chi connectivity index (χ0n) is 14.1. The van der Waals surface area contributed by atoms with Crippen molar-refractivity contribution in [2.24, 2.45) is 17.8 Å². The Balaban J connectivity index is 2.07. The maximum atomic E-state index is 12.5. The number of phenols is 1. The van der Waals surface area contributed by atoms with Gasteiger partial charge in [0.2, 0.25) is 0 Å². The quantitative estimate of drug-likeness (QED) is 0.833. The van der Waals surface area contributed by atoms with Crippen molar-refractivity contribution in [1.82, 2.24) is 0 Å². The standard InChI is InChI=1S/C19H28O3/c1-12(2)15-10-9-13(3)11-18(15)22-19(21)14(4)16-7-5-6-8-17(16)20/h5-8,12-15,18,20H,9-11H2,1-4H3. The smallest absolute Gasteiger partial charge is 0.313 e. The molecule has 0 aromatic heterocycles. The van der Waals surface area contributed by atoms with Crippen LogP contribution >= 0.6 is 0 Å². The summed E-state index contributed by atoms with van der Waals surface area (Å²) in [6.07, 6.45) is 3.29. The van der Waals surface area contributed by atoms with Crippen molar-refractivity contribution >= 4 is 5.97 Å². The van der Waals surface area contributed by atoms with E-state index in [1.807, 2.05) is 6.07 Å². The first kappa shape index (κ1) is 16.9. The van der Waals surface area contributed by atoms with Crippen LogP contribution in [-0.2, 0) is 9.53 Å². The normalized spacial score (nSPS) is 26.7. The van der Waals surface area contributed by atoms with Gasteiger partial charge in [-0.2, -0.15) is 0 Å². The molecule has 2 rings (SSSR count). The van der Waals surface area contributed by atoms with E-state index in [9.17, 15) is 9.90 Å². The molecule has 0 bridgehead atoms. The lowest BCUT2D eigenvalue weighted by molar-refractivity contribution is -0.157. The summed E-state index contributed by atoms with van der Waals surface area (Å²) in [6.45, 7) is 8.43. The predicted molar refractivity (Wildman–Crippen MR) is 87.7 cm³/mol. The van der Waals surface area contributed by atoms with Gasteiger partial charge in [0.15, 0.2) is 0 Å². The molecule has 122 valence electrons. The molecule has 1 aliphatic rings. The van der Waals surface area contributed by atoms with E-state index in [0.717, 1.165) is 12.8 Å². The first-order valence-corrected chi connectivity index (χ1v) is 8.38. The zero-order chi connectivity index (χ0) is 16.3. The van der Waals surface area contributed by atoms with Gasteiger partial charge in [-0.05, 0) is 43.6 Å². The number of rotatable bonds is 4. The number of carbonyl (C=O) groups is 1. The van der Waals surface area contributed by atoms with Gasteiger partial charge in [-0.3, -0.25) is 4.79 Å². The number of benzene rings is 1. The Kier molecular flexibility index (Phi) is 5.49. The maximum absolute atomic E-state index is 12.5. The second kappa shape index (κ2) is 7.17. The van der Waals surface area contributed by atoms with Crippen LogP contribution in [0.5, 0.6) is 5.75 Å². The average molecular weight is 304 g/mol. The molecule has 3 heteroatoms. The number of esters is 1. The van der Waals surface area contributed by atoms with Crippen LogP contribution in [0.25, 0.3) is 0 Å². The lowest BCUT2D eigenvalue weighted by atomic mass is 9.75. The Morgan fingerprint density at radius 2 is 1.91 bits per heavy atom. The molecular weight excluding hydrogens is 276 g/mol. The minimum absolute atomic E-state index is 0.00422. The molecule has 0 amide bonds. The van der Waals surface area contributed by atoms with E-state index in [2.05, 4.69) is 20.8 Å². The van der Waals surface area contributed by atoms with Gasteiger partial charge >= 0.3 is 5.97 Å². The summed E-state index contributed by atoms with van der Waals surface area (Å²) in [7, 11) is 0. The first-order chi connectivity index (χ1) is 10.4. The summed E-state index contributed by atoms with van der Waals surface area (Å²) in [6, 6.07) is 6.98. The molecule has 1 aliphatic carbocycles. The van der Waals surface area contributed by atoms with Crippen molar-refractivity contribution in [2.75, 3.05) is 0 Å². The number of hydrogen-bond donors (Lipinski definition) is 1. The first-order valence-electron chi connectivity index (χ1n) is 8.38. The molecule has 4 unspecified atom stereocenters. The van der Waals surface area contributed by atoms with Crippen molar-refractivity contribution < 1.29 is 14.6 Å². The molecular formula is C19H28O3. The maximum Gasteiger partial charge on any atom is 0.313 e. The third-order valence-electron chi connectivity index (χ3n) is 4.99. The van der Waals surface area contributed by atoms with Crippen LogP contribution in [0.15, 0.2) is 24.3 Å². The fraction of sp³-hybridized carbons (Fsp3) is 0.632. The van der Waals surface area contributed by atoms with Crippen LogP contribution in [0.4, 0.5) is 0 Å². The summed E-state index contributed by atoms with van der Waals surface area (Å²) < 4.78 is 5.86. The topological polar surface area (TPSA) is 46.5 Å². The molecule has 3 nitrogen and oxygen atoms in total. The Labute approximate surface area is 133 Å². The molecule has 0 spiro atoms. The number of para-hydroxylation sites is 1. The van der Waals surface area contributed by atoms with Crippen molar-refractivity contribution in [3.8, 4) is 5.75 Å². The Hall–Kier alpha value is -1.51. The van der Waals surface area contributed by atoms with Gasteiger partial charge in [-0.1, -0.05) is 45.4 Å². The van der Waals surface area contributed by atoms with Crippen LogP contribution in [0.3, 0.4) is 0 Å². The van der Waals surface area contributed by atoms with Crippen LogP contribution < -0.4 is 0 Å². The minimum atomic E-state index is -0.439. The summed E-state index contributed by atoms with van der Waals surface area (Å²) >= 11 is 0. The van der Waals surface area contributed by atoms with Gasteiger partial charge in [-0.25, -0.2) is 0 Å². The third kappa shape index (κ3) is 3.82. The fourth-order valence-electron chi connectivity index (χ4n) is 3.48. The van der Waals surface area contributed by atoms with Gasteiger partial charge in [0.05, 0.1) is 5.92 Å². The molecule has 0 radical (unpaired) electrons. The summed E-state index contributed by atoms with van der Waals surface area (Å²) in [5, 5.41) is 9.91. The van der Waals surface area contributed by atoms with Crippen LogP contribution in [-0.4, -0.2) is 17.2 Å². The van der Waals surface area contributed by atoms with E-state index in [4.69, 9.17) is 4.74 Å². The lowest BCUT2D eigenvalue weighted by Crippen LogP contribution is -2.36. The molecule has 0 heterocycles. The van der Waals surface area contributed by atoms with Crippen LogP contribution in [0, 0.1) is 17.8 Å². The van der Waals surface area contributed by atoms with Gasteiger partial charge in [0.25, 0.3) is 0 Å². The number of hydrogen-bond acceptors (Lipinski definition) is 3. The molecule has 1 fully saturated rings. The largest absolute Gasteiger partial charge is 0.508 e. The number of phenolic OH excluding ortho intramolecular Hbond substituents is 1. The average Bonchev–Trinajstić information content (AvgIpc) is 2.46. The van der Waals surface area contributed by atoms with Gasteiger partial charge in [-0.15, -0.1) is 0 Å². The molecule has 0 aliphatic heterocycles. The highest BCUT2D eigenvalue weighted by Crippen LogP contribution is 2.36. The Morgan fingerprint density at radius 3 is 2.55 bits per heavy atom. The van der Waals surface area contributed by atoms with Gasteiger partial charge < -0.3 is 9.84 Å². The summed E-state index contributed by atoms with van der Waals surface area (Å²) in [4.78, 5) is 12.5. The molecule has 22 heavy (non-hydrogen) atoms. The number of carbonyl (C=O) groups excluding carboxylic acids is 1. The molecule has 1 aromatic rings. The zero-order valence-corrected chi connectivity index (χ0v) is 14.1. The second-order valence-corrected chi connectivity index (χ2v) is 7.08. The highest BCUT2D eigenvalue weighted by atomic mass is 16.5. The summed E-state index contributed by atoms with van der Waals surface area (Å²) in [5.74, 6) is 1.05. The van der Waals surface area contributed by atoms with Gasteiger partial charge in [0.1, 0.15) is 11.9 Å². The third-order valence-corrected chi connectivity index (χ3v) is 4.99. The molecule has 1 aromatic carbocycles. The number of aromatic hydroxyl groups is 1. The van der Waals surface area contributed by atoms with E-state index in [-0.39, 0.29) is 17.8 Å². The molecule has 0 saturated heterocycles. The summed E-state index contributed by atoms with van der Waals surface area (Å²) in [5.41, 5.74) is 0.637. The highest BCUT2D eigenvalue weighted by molar-refractivity contribution is 5.78. The molecule has 1 saturated carbocycles. The number of ether oxygens (including phenoxy) is 1. The fourth-order valence-corrected chi connectivity index (χ4v) is 3.48. The molecule has 4 atom stereocenters. The van der Waals surface area contributed by atoms with Gasteiger partial charge in [0, 0.05) is 5.56 Å². The second-order valence-electron chi connectivity index (χ2n) is 7.08. The van der Waals surface area contributed by atoms with E-state index in [0.29, 0.717) is 23.3 Å².